The molecule has 2 fully saturated rings. The van der Waals surface area contributed by atoms with Gasteiger partial charge in [-0.2, -0.15) is 0 Å². The lowest BCUT2D eigenvalue weighted by molar-refractivity contribution is 0.246. The van der Waals surface area contributed by atoms with Crippen LogP contribution < -0.4 is 5.32 Å². The molecule has 0 radical (unpaired) electrons. The summed E-state index contributed by atoms with van der Waals surface area (Å²) in [5.41, 5.74) is 0.781. The molecule has 2 aliphatic rings. The molecule has 2 aliphatic carbocycles. The van der Waals surface area contributed by atoms with Crippen molar-refractivity contribution < 1.29 is 8.78 Å². The van der Waals surface area contributed by atoms with Crippen LogP contribution in [0.1, 0.15) is 44.6 Å². The lowest BCUT2D eigenvalue weighted by atomic mass is 9.81. The molecule has 0 amide bonds. The van der Waals surface area contributed by atoms with Gasteiger partial charge in [-0.25, -0.2) is 8.78 Å². The van der Waals surface area contributed by atoms with E-state index in [0.717, 1.165) is 42.9 Å². The summed E-state index contributed by atoms with van der Waals surface area (Å²) in [5.74, 6) is 1.47. The van der Waals surface area contributed by atoms with Crippen LogP contribution in [0, 0.1) is 29.4 Å². The topological polar surface area (TPSA) is 12.0 Å². The first kappa shape index (κ1) is 15.0. The van der Waals surface area contributed by atoms with Gasteiger partial charge in [-0.15, -0.1) is 0 Å². The third-order valence-corrected chi connectivity index (χ3v) is 5.34. The van der Waals surface area contributed by atoms with E-state index < -0.39 is 11.6 Å². The van der Waals surface area contributed by atoms with Crippen LogP contribution in [-0.2, 0) is 6.42 Å². The Morgan fingerprint density at radius 2 is 1.90 bits per heavy atom. The Morgan fingerprint density at radius 3 is 2.48 bits per heavy atom. The second kappa shape index (κ2) is 6.43. The minimum Gasteiger partial charge on any atom is -0.313 e. The van der Waals surface area contributed by atoms with E-state index in [1.54, 1.807) is 0 Å². The van der Waals surface area contributed by atoms with E-state index in [-0.39, 0.29) is 0 Å². The van der Waals surface area contributed by atoms with E-state index in [1.165, 1.54) is 37.8 Å². The molecule has 1 aromatic rings. The Morgan fingerprint density at radius 1 is 1.14 bits per heavy atom. The van der Waals surface area contributed by atoms with Crippen molar-refractivity contribution in [2.24, 2.45) is 17.8 Å². The molecule has 0 saturated heterocycles. The minimum absolute atomic E-state index is 0.362. The normalized spacial score (nSPS) is 29.0. The standard InChI is InChI=1S/C18H25F2N/c1-2-5-21-18(17-9-12-3-4-14(17)6-12)10-13-7-15(19)11-16(20)8-13/h7-8,11-12,14,17-18,21H,2-6,9-10H2,1H3. The third-order valence-electron chi connectivity index (χ3n) is 5.34. The molecular formula is C18H25F2N. The van der Waals surface area contributed by atoms with Crippen LogP contribution in [0.4, 0.5) is 8.78 Å². The van der Waals surface area contributed by atoms with Crippen molar-refractivity contribution in [2.75, 3.05) is 6.54 Å². The molecule has 21 heavy (non-hydrogen) atoms. The molecular weight excluding hydrogens is 268 g/mol. The molecule has 4 unspecified atom stereocenters. The molecule has 0 aromatic heterocycles. The molecule has 116 valence electrons. The third kappa shape index (κ3) is 3.45. The molecule has 2 saturated carbocycles. The van der Waals surface area contributed by atoms with Crippen molar-refractivity contribution in [1.82, 2.24) is 5.32 Å². The average Bonchev–Trinajstić information content (AvgIpc) is 3.05. The predicted molar refractivity (Wildman–Crippen MR) is 81.1 cm³/mol. The lowest BCUT2D eigenvalue weighted by Crippen LogP contribution is -2.40. The number of benzene rings is 1. The molecule has 0 aliphatic heterocycles. The monoisotopic (exact) mass is 293 g/mol. The fraction of sp³-hybridized carbons (Fsp3) is 0.667. The Balaban J connectivity index is 1.72. The molecule has 0 spiro atoms. The van der Waals surface area contributed by atoms with E-state index in [1.807, 2.05) is 0 Å². The van der Waals surface area contributed by atoms with Crippen molar-refractivity contribution >= 4 is 0 Å². The van der Waals surface area contributed by atoms with Gasteiger partial charge in [-0.05, 0) is 74.1 Å². The van der Waals surface area contributed by atoms with Crippen molar-refractivity contribution in [3.05, 3.63) is 35.4 Å². The summed E-state index contributed by atoms with van der Waals surface area (Å²) in [4.78, 5) is 0. The Hall–Kier alpha value is -0.960. The van der Waals surface area contributed by atoms with Crippen LogP contribution >= 0.6 is 0 Å². The number of hydrogen-bond acceptors (Lipinski definition) is 1. The zero-order valence-corrected chi connectivity index (χ0v) is 12.7. The lowest BCUT2D eigenvalue weighted by Gasteiger charge is -2.31. The number of nitrogens with one attached hydrogen (secondary N) is 1. The summed E-state index contributed by atoms with van der Waals surface area (Å²) >= 11 is 0. The summed E-state index contributed by atoms with van der Waals surface area (Å²) in [6, 6.07) is 4.28. The SMILES string of the molecule is CCCNC(Cc1cc(F)cc(F)c1)C1CC2CCC1C2. The van der Waals surface area contributed by atoms with Gasteiger partial charge in [-0.1, -0.05) is 13.3 Å². The fourth-order valence-electron chi connectivity index (χ4n) is 4.47. The molecule has 0 heterocycles. The van der Waals surface area contributed by atoms with Crippen LogP contribution in [0.15, 0.2) is 18.2 Å². The second-order valence-corrected chi connectivity index (χ2v) is 6.88. The largest absolute Gasteiger partial charge is 0.313 e. The van der Waals surface area contributed by atoms with Crippen LogP contribution in [0.2, 0.25) is 0 Å². The van der Waals surface area contributed by atoms with E-state index in [4.69, 9.17) is 0 Å². The van der Waals surface area contributed by atoms with Gasteiger partial charge in [0.05, 0.1) is 0 Å². The molecule has 4 atom stereocenters. The molecule has 3 heteroatoms. The summed E-state index contributed by atoms with van der Waals surface area (Å²) in [6.07, 6.45) is 7.22. The van der Waals surface area contributed by atoms with Crippen molar-refractivity contribution in [2.45, 2.75) is 51.5 Å². The summed E-state index contributed by atoms with van der Waals surface area (Å²) in [6.45, 7) is 3.14. The maximum Gasteiger partial charge on any atom is 0.126 e. The Bertz CT molecular complexity index is 468. The van der Waals surface area contributed by atoms with Gasteiger partial charge in [-0.3, -0.25) is 0 Å². The van der Waals surface area contributed by atoms with Gasteiger partial charge >= 0.3 is 0 Å². The first-order chi connectivity index (χ1) is 10.2. The number of rotatable bonds is 6. The van der Waals surface area contributed by atoms with Gasteiger partial charge < -0.3 is 5.32 Å². The minimum atomic E-state index is -0.466. The number of halogens is 2. The zero-order chi connectivity index (χ0) is 14.8. The van der Waals surface area contributed by atoms with Gasteiger partial charge in [0.1, 0.15) is 11.6 Å². The summed E-state index contributed by atoms with van der Waals surface area (Å²) in [5, 5.41) is 3.64. The average molecular weight is 293 g/mol. The van der Waals surface area contributed by atoms with Gasteiger partial charge in [0.15, 0.2) is 0 Å². The molecule has 2 bridgehead atoms. The summed E-state index contributed by atoms with van der Waals surface area (Å²) < 4.78 is 26.8. The highest BCUT2D eigenvalue weighted by Crippen LogP contribution is 2.49. The number of hydrogen-bond donors (Lipinski definition) is 1. The van der Waals surface area contributed by atoms with E-state index >= 15 is 0 Å². The smallest absolute Gasteiger partial charge is 0.126 e. The fourth-order valence-corrected chi connectivity index (χ4v) is 4.47. The molecule has 1 nitrogen and oxygen atoms in total. The van der Waals surface area contributed by atoms with E-state index in [2.05, 4.69) is 12.2 Å². The predicted octanol–water partition coefficient (Wildman–Crippen LogP) is 4.31. The van der Waals surface area contributed by atoms with Gasteiger partial charge in [0.25, 0.3) is 0 Å². The van der Waals surface area contributed by atoms with E-state index in [9.17, 15) is 8.78 Å². The van der Waals surface area contributed by atoms with Crippen molar-refractivity contribution in [3.63, 3.8) is 0 Å². The molecule has 1 aromatic carbocycles. The highest BCUT2D eigenvalue weighted by Gasteiger charge is 2.42. The first-order valence-corrected chi connectivity index (χ1v) is 8.34. The highest BCUT2D eigenvalue weighted by atomic mass is 19.1. The maximum atomic E-state index is 13.4. The number of fused-ring (bicyclic) bond motifs is 2. The van der Waals surface area contributed by atoms with Gasteiger partial charge in [0, 0.05) is 12.1 Å². The Kier molecular flexibility index (Phi) is 4.58. The van der Waals surface area contributed by atoms with Crippen LogP contribution in [-0.4, -0.2) is 12.6 Å². The highest BCUT2D eigenvalue weighted by molar-refractivity contribution is 5.19. The Labute approximate surface area is 126 Å². The van der Waals surface area contributed by atoms with Gasteiger partial charge in [0.2, 0.25) is 0 Å². The van der Waals surface area contributed by atoms with Crippen LogP contribution in [0.5, 0.6) is 0 Å². The van der Waals surface area contributed by atoms with E-state index in [0.29, 0.717) is 12.0 Å². The second-order valence-electron chi connectivity index (χ2n) is 6.88. The zero-order valence-electron chi connectivity index (χ0n) is 12.7. The molecule has 3 rings (SSSR count). The quantitative estimate of drug-likeness (QED) is 0.824. The van der Waals surface area contributed by atoms with Crippen LogP contribution in [0.3, 0.4) is 0 Å². The van der Waals surface area contributed by atoms with Crippen molar-refractivity contribution in [1.29, 1.82) is 0 Å². The van der Waals surface area contributed by atoms with Crippen molar-refractivity contribution in [3.8, 4) is 0 Å². The first-order valence-electron chi connectivity index (χ1n) is 8.34. The molecule has 1 N–H and O–H groups in total. The van der Waals surface area contributed by atoms with Crippen LogP contribution in [0.25, 0.3) is 0 Å². The maximum absolute atomic E-state index is 13.4. The summed E-state index contributed by atoms with van der Waals surface area (Å²) in [7, 11) is 0.